The molecule has 0 bridgehead atoms. The van der Waals surface area contributed by atoms with Gasteiger partial charge in [0.25, 0.3) is 0 Å². The Morgan fingerprint density at radius 2 is 1.95 bits per heavy atom. The molecule has 1 N–H and O–H groups in total. The van der Waals surface area contributed by atoms with Crippen molar-refractivity contribution in [1.29, 1.82) is 0 Å². The maximum Gasteiger partial charge on any atom is 0.120 e. The number of nitrogens with zero attached hydrogens (tertiary/aromatic N) is 1. The molecule has 3 heteroatoms. The molecule has 0 atom stereocenters. The van der Waals surface area contributed by atoms with E-state index in [1.165, 1.54) is 18.4 Å². The third-order valence-corrected chi connectivity index (χ3v) is 4.64. The summed E-state index contributed by atoms with van der Waals surface area (Å²) in [6, 6.07) is 6.25. The predicted octanol–water partition coefficient (Wildman–Crippen LogP) is 4.16. The molecule has 0 spiro atoms. The van der Waals surface area contributed by atoms with Crippen LogP contribution in [0.15, 0.2) is 23.4 Å². The van der Waals surface area contributed by atoms with E-state index in [9.17, 15) is 0 Å². The molecule has 108 valence electrons. The second-order valence-electron chi connectivity index (χ2n) is 6.22. The van der Waals surface area contributed by atoms with Gasteiger partial charge in [-0.2, -0.15) is 0 Å². The first-order chi connectivity index (χ1) is 9.76. The van der Waals surface area contributed by atoms with Crippen LogP contribution >= 0.6 is 0 Å². The van der Waals surface area contributed by atoms with Gasteiger partial charge in [-0.05, 0) is 68.6 Å². The molecule has 3 nitrogen and oxygen atoms in total. The number of fused-ring (bicyclic) bond motifs is 1. The third-order valence-electron chi connectivity index (χ3n) is 4.64. The zero-order valence-electron chi connectivity index (χ0n) is 12.1. The lowest BCUT2D eigenvalue weighted by atomic mass is 9.88. The van der Waals surface area contributed by atoms with E-state index in [0.717, 1.165) is 55.0 Å². The van der Waals surface area contributed by atoms with Crippen molar-refractivity contribution < 1.29 is 9.94 Å². The quantitative estimate of drug-likeness (QED) is 0.649. The van der Waals surface area contributed by atoms with Crippen LogP contribution in [-0.4, -0.2) is 17.0 Å². The zero-order chi connectivity index (χ0) is 13.9. The number of hydrogen-bond acceptors (Lipinski definition) is 3. The van der Waals surface area contributed by atoms with Crippen molar-refractivity contribution in [2.45, 2.75) is 58.0 Å². The molecule has 0 radical (unpaired) electrons. The number of hydrogen-bond donors (Lipinski definition) is 1. The number of aryl methyl sites for hydroxylation is 1. The normalized spacial score (nSPS) is 28.1. The van der Waals surface area contributed by atoms with E-state index in [0.29, 0.717) is 6.10 Å². The van der Waals surface area contributed by atoms with Crippen molar-refractivity contribution >= 4 is 5.71 Å². The van der Waals surface area contributed by atoms with E-state index in [4.69, 9.17) is 9.94 Å². The van der Waals surface area contributed by atoms with Crippen LogP contribution < -0.4 is 4.74 Å². The minimum Gasteiger partial charge on any atom is -0.490 e. The second kappa shape index (κ2) is 5.86. The van der Waals surface area contributed by atoms with Crippen LogP contribution in [0, 0.1) is 5.92 Å². The Hall–Kier alpha value is -1.51. The van der Waals surface area contributed by atoms with Gasteiger partial charge in [0.2, 0.25) is 0 Å². The summed E-state index contributed by atoms with van der Waals surface area (Å²) in [5, 5.41) is 12.6. The topological polar surface area (TPSA) is 41.8 Å². The molecule has 20 heavy (non-hydrogen) atoms. The Morgan fingerprint density at radius 3 is 2.70 bits per heavy atom. The van der Waals surface area contributed by atoms with Gasteiger partial charge in [0.1, 0.15) is 5.75 Å². The summed E-state index contributed by atoms with van der Waals surface area (Å²) in [5.41, 5.74) is 3.14. The zero-order valence-corrected chi connectivity index (χ0v) is 12.1. The number of benzene rings is 1. The molecular formula is C17H23NO2. The minimum absolute atomic E-state index is 0.349. The summed E-state index contributed by atoms with van der Waals surface area (Å²) >= 11 is 0. The number of rotatable bonds is 2. The van der Waals surface area contributed by atoms with Crippen LogP contribution in [0.2, 0.25) is 0 Å². The van der Waals surface area contributed by atoms with E-state index in [1.54, 1.807) is 0 Å². The summed E-state index contributed by atoms with van der Waals surface area (Å²) in [4.78, 5) is 0. The first-order valence-corrected chi connectivity index (χ1v) is 7.77. The SMILES string of the molecule is CC1CCC(Oc2ccc3c(c2)/C(=N\O)CCC3)CC1. The fourth-order valence-corrected chi connectivity index (χ4v) is 3.34. The summed E-state index contributed by atoms with van der Waals surface area (Å²) in [6.45, 7) is 2.32. The van der Waals surface area contributed by atoms with Crippen LogP contribution in [0.25, 0.3) is 0 Å². The highest BCUT2D eigenvalue weighted by Gasteiger charge is 2.21. The second-order valence-corrected chi connectivity index (χ2v) is 6.22. The van der Waals surface area contributed by atoms with Gasteiger partial charge in [-0.25, -0.2) is 0 Å². The van der Waals surface area contributed by atoms with Crippen molar-refractivity contribution in [3.8, 4) is 5.75 Å². The molecule has 1 aromatic rings. The highest BCUT2D eigenvalue weighted by molar-refractivity contribution is 6.02. The summed E-state index contributed by atoms with van der Waals surface area (Å²) in [6.07, 6.45) is 8.16. The Morgan fingerprint density at radius 1 is 1.15 bits per heavy atom. The lowest BCUT2D eigenvalue weighted by molar-refractivity contribution is 0.135. The molecule has 1 saturated carbocycles. The molecule has 0 heterocycles. The first-order valence-electron chi connectivity index (χ1n) is 7.77. The lowest BCUT2D eigenvalue weighted by Crippen LogP contribution is -2.23. The van der Waals surface area contributed by atoms with Crippen LogP contribution in [-0.2, 0) is 6.42 Å². The van der Waals surface area contributed by atoms with Gasteiger partial charge in [-0.15, -0.1) is 0 Å². The maximum absolute atomic E-state index is 9.13. The first kappa shape index (κ1) is 13.5. The van der Waals surface area contributed by atoms with Crippen LogP contribution in [0.3, 0.4) is 0 Å². The molecule has 3 rings (SSSR count). The minimum atomic E-state index is 0.349. The van der Waals surface area contributed by atoms with E-state index >= 15 is 0 Å². The standard InChI is InChI=1S/C17H23NO2/c1-12-5-8-14(9-6-12)20-15-10-7-13-3-2-4-17(18-19)16(13)11-15/h7,10-12,14,19H,2-6,8-9H2,1H3/b18-17-. The third kappa shape index (κ3) is 2.82. The van der Waals surface area contributed by atoms with Gasteiger partial charge in [0, 0.05) is 5.56 Å². The Bertz CT molecular complexity index is 502. The highest BCUT2D eigenvalue weighted by atomic mass is 16.5. The molecule has 1 aromatic carbocycles. The van der Waals surface area contributed by atoms with Gasteiger partial charge < -0.3 is 9.94 Å². The average Bonchev–Trinajstić information content (AvgIpc) is 2.49. The fourth-order valence-electron chi connectivity index (χ4n) is 3.34. The number of oxime groups is 1. The summed E-state index contributed by atoms with van der Waals surface area (Å²) < 4.78 is 6.13. The van der Waals surface area contributed by atoms with Gasteiger partial charge in [-0.1, -0.05) is 18.1 Å². The molecule has 2 aliphatic carbocycles. The van der Waals surface area contributed by atoms with Gasteiger partial charge in [0.15, 0.2) is 0 Å². The largest absolute Gasteiger partial charge is 0.490 e. The van der Waals surface area contributed by atoms with Gasteiger partial charge >= 0.3 is 0 Å². The summed E-state index contributed by atoms with van der Waals surface area (Å²) in [7, 11) is 0. The average molecular weight is 273 g/mol. The molecule has 2 aliphatic rings. The molecule has 0 unspecified atom stereocenters. The highest BCUT2D eigenvalue weighted by Crippen LogP contribution is 2.30. The Labute approximate surface area is 120 Å². The van der Waals surface area contributed by atoms with E-state index in [-0.39, 0.29) is 0 Å². The van der Waals surface area contributed by atoms with Crippen LogP contribution in [0.1, 0.15) is 56.6 Å². The Kier molecular flexibility index (Phi) is 3.95. The maximum atomic E-state index is 9.13. The number of ether oxygens (including phenoxy) is 1. The van der Waals surface area contributed by atoms with Crippen molar-refractivity contribution in [2.75, 3.05) is 0 Å². The molecule has 0 saturated heterocycles. The predicted molar refractivity (Wildman–Crippen MR) is 79.8 cm³/mol. The van der Waals surface area contributed by atoms with Crippen LogP contribution in [0.5, 0.6) is 5.75 Å². The molecule has 0 amide bonds. The fraction of sp³-hybridized carbons (Fsp3) is 0.588. The smallest absolute Gasteiger partial charge is 0.120 e. The van der Waals surface area contributed by atoms with Gasteiger partial charge in [-0.3, -0.25) is 0 Å². The summed E-state index contributed by atoms with van der Waals surface area (Å²) in [5.74, 6) is 1.76. The Balaban J connectivity index is 1.75. The molecule has 0 aliphatic heterocycles. The van der Waals surface area contributed by atoms with E-state index in [1.807, 2.05) is 0 Å². The van der Waals surface area contributed by atoms with E-state index < -0.39 is 0 Å². The monoisotopic (exact) mass is 273 g/mol. The van der Waals surface area contributed by atoms with Crippen LogP contribution in [0.4, 0.5) is 0 Å². The van der Waals surface area contributed by atoms with Crippen molar-refractivity contribution in [3.05, 3.63) is 29.3 Å². The van der Waals surface area contributed by atoms with E-state index in [2.05, 4.69) is 30.3 Å². The molecular weight excluding hydrogens is 250 g/mol. The lowest BCUT2D eigenvalue weighted by Gasteiger charge is -2.27. The van der Waals surface area contributed by atoms with Gasteiger partial charge in [0.05, 0.1) is 11.8 Å². The molecule has 1 fully saturated rings. The van der Waals surface area contributed by atoms with Crippen molar-refractivity contribution in [3.63, 3.8) is 0 Å². The van der Waals surface area contributed by atoms with Crippen molar-refractivity contribution in [1.82, 2.24) is 0 Å². The molecule has 0 aromatic heterocycles. The van der Waals surface area contributed by atoms with Crippen molar-refractivity contribution in [2.24, 2.45) is 11.1 Å².